The van der Waals surface area contributed by atoms with Crippen LogP contribution < -0.4 is 14.5 Å². The first-order valence-electron chi connectivity index (χ1n) is 8.99. The van der Waals surface area contributed by atoms with Crippen molar-refractivity contribution in [1.29, 1.82) is 0 Å². The molecule has 3 rings (SSSR count). The summed E-state index contributed by atoms with van der Waals surface area (Å²) in [7, 11) is 3.92. The smallest absolute Gasteiger partial charge is 0.387 e. The Bertz CT molecular complexity index is 926. The highest BCUT2D eigenvalue weighted by Gasteiger charge is 2.31. The van der Waals surface area contributed by atoms with Crippen LogP contribution in [-0.4, -0.2) is 37.5 Å². The molecule has 1 aliphatic rings. The van der Waals surface area contributed by atoms with Gasteiger partial charge in [0.2, 0.25) is 0 Å². The summed E-state index contributed by atoms with van der Waals surface area (Å²) < 4.78 is 29.1. The van der Waals surface area contributed by atoms with Crippen LogP contribution in [0.5, 0.6) is 5.75 Å². The Hall–Kier alpha value is -2.87. The lowest BCUT2D eigenvalue weighted by molar-refractivity contribution is -0.113. The molecule has 0 aromatic heterocycles. The normalized spacial score (nSPS) is 15.2. The third-order valence-electron chi connectivity index (χ3n) is 4.14. The second-order valence-corrected chi connectivity index (χ2v) is 7.59. The summed E-state index contributed by atoms with van der Waals surface area (Å²) in [4.78, 5) is 21.0. The van der Waals surface area contributed by atoms with E-state index in [9.17, 15) is 13.6 Å². The van der Waals surface area contributed by atoms with Gasteiger partial charge < -0.3 is 9.64 Å². The van der Waals surface area contributed by atoms with Gasteiger partial charge >= 0.3 is 6.61 Å². The molecule has 0 bridgehead atoms. The highest BCUT2D eigenvalue weighted by atomic mass is 32.2. The molecule has 0 saturated carbocycles. The van der Waals surface area contributed by atoms with E-state index in [0.29, 0.717) is 16.6 Å². The van der Waals surface area contributed by atoms with E-state index >= 15 is 0 Å². The summed E-state index contributed by atoms with van der Waals surface area (Å²) in [6.07, 6.45) is 1.74. The van der Waals surface area contributed by atoms with Gasteiger partial charge in [0.25, 0.3) is 5.91 Å². The van der Waals surface area contributed by atoms with E-state index in [2.05, 4.69) is 9.73 Å². The summed E-state index contributed by atoms with van der Waals surface area (Å²) in [5, 5.41) is 0.552. The van der Waals surface area contributed by atoms with Crippen molar-refractivity contribution in [3.05, 3.63) is 59.8 Å². The van der Waals surface area contributed by atoms with Gasteiger partial charge in [0.15, 0.2) is 5.17 Å². The number of thioether (sulfide) groups is 1. The molecule has 0 saturated heterocycles. The molecule has 152 valence electrons. The average molecular weight is 417 g/mol. The van der Waals surface area contributed by atoms with E-state index in [0.717, 1.165) is 17.0 Å². The Kier molecular flexibility index (Phi) is 6.53. The Labute approximate surface area is 172 Å². The predicted molar refractivity (Wildman–Crippen MR) is 115 cm³/mol. The van der Waals surface area contributed by atoms with Crippen LogP contribution in [0.15, 0.2) is 59.2 Å². The molecule has 1 heterocycles. The zero-order valence-electron chi connectivity index (χ0n) is 16.3. The van der Waals surface area contributed by atoms with Crippen LogP contribution in [-0.2, 0) is 4.79 Å². The zero-order valence-corrected chi connectivity index (χ0v) is 17.1. The van der Waals surface area contributed by atoms with Crippen molar-refractivity contribution in [2.45, 2.75) is 13.5 Å². The third kappa shape index (κ3) is 4.95. The second-order valence-electron chi connectivity index (χ2n) is 6.36. The minimum atomic E-state index is -2.89. The average Bonchev–Trinajstić information content (AvgIpc) is 2.98. The fourth-order valence-corrected chi connectivity index (χ4v) is 3.49. The number of alkyl halides is 2. The SMILES string of the molecule is CCSC1=NC(=Cc2ccc(N(C)C)cc2)C(=O)N1c1ccc(OC(F)F)cc1. The topological polar surface area (TPSA) is 45.1 Å². The summed E-state index contributed by atoms with van der Waals surface area (Å²) >= 11 is 1.44. The van der Waals surface area contributed by atoms with Crippen LogP contribution in [0.1, 0.15) is 12.5 Å². The number of amides is 1. The number of rotatable bonds is 6. The zero-order chi connectivity index (χ0) is 21.0. The number of aliphatic imine (C=N–C) groups is 1. The first kappa shape index (κ1) is 20.9. The van der Waals surface area contributed by atoms with E-state index in [4.69, 9.17) is 0 Å². The molecule has 8 heteroatoms. The van der Waals surface area contributed by atoms with Gasteiger partial charge in [-0.1, -0.05) is 30.8 Å². The van der Waals surface area contributed by atoms with Crippen LogP contribution in [0.25, 0.3) is 6.08 Å². The molecule has 0 spiro atoms. The molecule has 2 aromatic carbocycles. The molecular weight excluding hydrogens is 396 g/mol. The van der Waals surface area contributed by atoms with E-state index in [1.165, 1.54) is 28.8 Å². The number of carbonyl (C=O) groups excluding carboxylic acids is 1. The maximum Gasteiger partial charge on any atom is 0.387 e. The largest absolute Gasteiger partial charge is 0.435 e. The molecule has 0 unspecified atom stereocenters. The highest BCUT2D eigenvalue weighted by Crippen LogP contribution is 2.31. The number of carbonyl (C=O) groups is 1. The predicted octanol–water partition coefficient (Wildman–Crippen LogP) is 4.85. The molecule has 2 aromatic rings. The van der Waals surface area contributed by atoms with Crippen LogP contribution in [0.2, 0.25) is 0 Å². The molecule has 0 radical (unpaired) electrons. The van der Waals surface area contributed by atoms with Crippen LogP contribution in [0.3, 0.4) is 0 Å². The van der Waals surface area contributed by atoms with E-state index in [1.54, 1.807) is 18.2 Å². The van der Waals surface area contributed by atoms with E-state index in [1.807, 2.05) is 50.2 Å². The standard InChI is InChI=1S/C21H21F2N3O2S/c1-4-29-21-24-18(13-14-5-7-15(8-6-14)25(2)3)19(27)26(21)16-9-11-17(12-10-16)28-20(22)23/h5-13,20H,4H2,1-3H3. The number of amidine groups is 1. The van der Waals surface area contributed by atoms with Gasteiger partial charge in [-0.25, -0.2) is 4.99 Å². The van der Waals surface area contributed by atoms with E-state index < -0.39 is 6.61 Å². The van der Waals surface area contributed by atoms with Gasteiger partial charge in [-0.2, -0.15) is 8.78 Å². The Balaban J connectivity index is 1.87. The minimum absolute atomic E-state index is 0.0359. The molecule has 0 N–H and O–H groups in total. The monoisotopic (exact) mass is 417 g/mol. The Morgan fingerprint density at radius 1 is 1.14 bits per heavy atom. The maximum atomic E-state index is 13.0. The van der Waals surface area contributed by atoms with Gasteiger partial charge in [-0.15, -0.1) is 0 Å². The molecular formula is C21H21F2N3O2S. The fourth-order valence-electron chi connectivity index (χ4n) is 2.75. The van der Waals surface area contributed by atoms with E-state index in [-0.39, 0.29) is 11.7 Å². The molecule has 1 amide bonds. The molecule has 29 heavy (non-hydrogen) atoms. The number of anilines is 2. The number of hydrogen-bond donors (Lipinski definition) is 0. The highest BCUT2D eigenvalue weighted by molar-refractivity contribution is 8.14. The second kappa shape index (κ2) is 9.09. The first-order valence-corrected chi connectivity index (χ1v) is 9.97. The van der Waals surface area contributed by atoms with Gasteiger partial charge in [0.05, 0.1) is 5.69 Å². The Morgan fingerprint density at radius 3 is 2.34 bits per heavy atom. The fraction of sp³-hybridized carbons (Fsp3) is 0.238. The van der Waals surface area contributed by atoms with Crippen LogP contribution in [0.4, 0.5) is 20.2 Å². The molecule has 0 fully saturated rings. The minimum Gasteiger partial charge on any atom is -0.435 e. The lowest BCUT2D eigenvalue weighted by Gasteiger charge is -2.17. The number of nitrogens with zero attached hydrogens (tertiary/aromatic N) is 3. The first-order chi connectivity index (χ1) is 13.9. The lowest BCUT2D eigenvalue weighted by atomic mass is 10.1. The van der Waals surface area contributed by atoms with Crippen molar-refractivity contribution in [3.63, 3.8) is 0 Å². The Morgan fingerprint density at radius 2 is 1.79 bits per heavy atom. The van der Waals surface area contributed by atoms with Gasteiger partial charge in [0, 0.05) is 19.8 Å². The summed E-state index contributed by atoms with van der Waals surface area (Å²) in [6.45, 7) is -0.924. The van der Waals surface area contributed by atoms with Crippen molar-refractivity contribution in [1.82, 2.24) is 0 Å². The van der Waals surface area contributed by atoms with Gasteiger partial charge in [-0.3, -0.25) is 9.69 Å². The van der Waals surface area contributed by atoms with Crippen LogP contribution >= 0.6 is 11.8 Å². The molecule has 0 aliphatic carbocycles. The summed E-state index contributed by atoms with van der Waals surface area (Å²) in [6, 6.07) is 13.7. The van der Waals surface area contributed by atoms with Crippen molar-refractivity contribution in [3.8, 4) is 5.75 Å². The van der Waals surface area contributed by atoms with Crippen molar-refractivity contribution < 1.29 is 18.3 Å². The molecule has 0 atom stereocenters. The number of halogens is 2. The quantitative estimate of drug-likeness (QED) is 0.631. The van der Waals surface area contributed by atoms with Gasteiger partial charge in [-0.05, 0) is 53.8 Å². The van der Waals surface area contributed by atoms with Crippen molar-refractivity contribution in [2.75, 3.05) is 29.6 Å². The molecule has 1 aliphatic heterocycles. The maximum absolute atomic E-state index is 13.0. The van der Waals surface area contributed by atoms with Crippen molar-refractivity contribution in [2.24, 2.45) is 4.99 Å². The van der Waals surface area contributed by atoms with Crippen molar-refractivity contribution >= 4 is 40.3 Å². The number of hydrogen-bond acceptors (Lipinski definition) is 5. The third-order valence-corrected chi connectivity index (χ3v) is 4.96. The van der Waals surface area contributed by atoms with Crippen LogP contribution in [0, 0.1) is 0 Å². The summed E-state index contributed by atoms with van der Waals surface area (Å²) in [5.41, 5.74) is 2.79. The number of benzene rings is 2. The summed E-state index contributed by atoms with van der Waals surface area (Å²) in [5.74, 6) is 0.508. The van der Waals surface area contributed by atoms with Gasteiger partial charge in [0.1, 0.15) is 11.4 Å². The number of ether oxygens (including phenoxy) is 1. The lowest BCUT2D eigenvalue weighted by Crippen LogP contribution is -2.30. The molecule has 5 nitrogen and oxygen atoms in total.